The molecular formula is C13H12N2O4. The van der Waals surface area contributed by atoms with Crippen molar-refractivity contribution >= 4 is 22.4 Å². The number of carbonyl (C=O) groups excluding carboxylic acids is 1. The average Bonchev–Trinajstić information content (AvgIpc) is 2.38. The van der Waals surface area contributed by atoms with E-state index in [4.69, 9.17) is 4.74 Å². The second-order valence-corrected chi connectivity index (χ2v) is 4.09. The Labute approximate surface area is 109 Å². The molecule has 1 aromatic carbocycles. The van der Waals surface area contributed by atoms with E-state index in [-0.39, 0.29) is 24.5 Å². The van der Waals surface area contributed by atoms with Gasteiger partial charge in [-0.05, 0) is 12.1 Å². The second-order valence-electron chi connectivity index (χ2n) is 4.09. The molecule has 0 aliphatic carbocycles. The molecule has 0 spiro atoms. The number of nitro groups is 1. The molecular weight excluding hydrogens is 248 g/mol. The molecule has 1 heterocycles. The molecule has 0 aliphatic heterocycles. The van der Waals surface area contributed by atoms with E-state index in [0.717, 1.165) is 0 Å². The minimum Gasteiger partial charge on any atom is -0.377 e. The smallest absolute Gasteiger partial charge is 0.270 e. The van der Waals surface area contributed by atoms with Crippen LogP contribution in [0, 0.1) is 10.1 Å². The maximum Gasteiger partial charge on any atom is 0.270 e. The molecule has 0 fully saturated rings. The predicted molar refractivity (Wildman–Crippen MR) is 69.0 cm³/mol. The summed E-state index contributed by atoms with van der Waals surface area (Å²) in [4.78, 5) is 25.9. The van der Waals surface area contributed by atoms with E-state index in [1.54, 1.807) is 18.2 Å². The molecule has 0 unspecified atom stereocenters. The number of ketones is 1. The van der Waals surface area contributed by atoms with Crippen molar-refractivity contribution in [1.82, 2.24) is 4.98 Å². The molecule has 0 saturated carbocycles. The second kappa shape index (κ2) is 5.53. The molecule has 1 aromatic heterocycles. The molecule has 0 N–H and O–H groups in total. The van der Waals surface area contributed by atoms with Crippen LogP contribution in [0.5, 0.6) is 0 Å². The number of nitrogens with zero attached hydrogens (tertiary/aromatic N) is 2. The standard InChI is InChI=1S/C13H12N2O4/c1-19-8-12(16)7-10-3-2-9-6-11(15(17)18)4-5-13(9)14-10/h2-6H,7-8H2,1H3. The van der Waals surface area contributed by atoms with Gasteiger partial charge in [0.1, 0.15) is 6.61 Å². The van der Waals surface area contributed by atoms with Crippen LogP contribution in [-0.2, 0) is 16.0 Å². The number of hydrogen-bond acceptors (Lipinski definition) is 5. The highest BCUT2D eigenvalue weighted by molar-refractivity contribution is 5.84. The normalized spacial score (nSPS) is 10.6. The highest BCUT2D eigenvalue weighted by Crippen LogP contribution is 2.19. The summed E-state index contributed by atoms with van der Waals surface area (Å²) in [6, 6.07) is 7.86. The predicted octanol–water partition coefficient (Wildman–Crippen LogP) is 1.90. The van der Waals surface area contributed by atoms with Gasteiger partial charge in [0, 0.05) is 30.3 Å². The number of non-ortho nitro benzene ring substituents is 1. The molecule has 0 bridgehead atoms. The summed E-state index contributed by atoms with van der Waals surface area (Å²) in [5, 5.41) is 11.3. The number of carbonyl (C=O) groups is 1. The van der Waals surface area contributed by atoms with Crippen molar-refractivity contribution in [3.05, 3.63) is 46.1 Å². The Morgan fingerprint density at radius 3 is 2.84 bits per heavy atom. The highest BCUT2D eigenvalue weighted by Gasteiger charge is 2.09. The van der Waals surface area contributed by atoms with Crippen LogP contribution in [0.25, 0.3) is 10.9 Å². The minimum atomic E-state index is -0.449. The SMILES string of the molecule is COCC(=O)Cc1ccc2cc([N+](=O)[O-])ccc2n1. The molecule has 6 nitrogen and oxygen atoms in total. The summed E-state index contributed by atoms with van der Waals surface area (Å²) in [5.74, 6) is -0.0590. The molecule has 0 atom stereocenters. The first-order valence-corrected chi connectivity index (χ1v) is 5.65. The monoisotopic (exact) mass is 260 g/mol. The van der Waals surface area contributed by atoms with Crippen molar-refractivity contribution in [2.24, 2.45) is 0 Å². The lowest BCUT2D eigenvalue weighted by atomic mass is 10.1. The molecule has 2 aromatic rings. The van der Waals surface area contributed by atoms with E-state index in [1.165, 1.54) is 19.2 Å². The van der Waals surface area contributed by atoms with Gasteiger partial charge < -0.3 is 4.74 Å². The van der Waals surface area contributed by atoms with E-state index >= 15 is 0 Å². The molecule has 2 rings (SSSR count). The third-order valence-corrected chi connectivity index (χ3v) is 2.62. The van der Waals surface area contributed by atoms with E-state index in [2.05, 4.69) is 4.98 Å². The van der Waals surface area contributed by atoms with Crippen molar-refractivity contribution in [3.8, 4) is 0 Å². The van der Waals surface area contributed by atoms with Crippen LogP contribution in [-0.4, -0.2) is 29.4 Å². The van der Waals surface area contributed by atoms with Crippen molar-refractivity contribution in [3.63, 3.8) is 0 Å². The first-order chi connectivity index (χ1) is 9.10. The molecule has 0 saturated heterocycles. The van der Waals surface area contributed by atoms with Crippen LogP contribution in [0.2, 0.25) is 0 Å². The number of hydrogen-bond donors (Lipinski definition) is 0. The third kappa shape index (κ3) is 3.11. The molecule has 6 heteroatoms. The Bertz CT molecular complexity index is 640. The fourth-order valence-corrected chi connectivity index (χ4v) is 1.78. The Balaban J connectivity index is 2.29. The largest absolute Gasteiger partial charge is 0.377 e. The lowest BCUT2D eigenvalue weighted by molar-refractivity contribution is -0.384. The molecule has 0 amide bonds. The number of benzene rings is 1. The lowest BCUT2D eigenvalue weighted by Crippen LogP contribution is -2.10. The van der Waals surface area contributed by atoms with E-state index in [9.17, 15) is 14.9 Å². The quantitative estimate of drug-likeness (QED) is 0.605. The van der Waals surface area contributed by atoms with Gasteiger partial charge in [-0.15, -0.1) is 0 Å². The van der Waals surface area contributed by atoms with Crippen LogP contribution in [0.1, 0.15) is 5.69 Å². The van der Waals surface area contributed by atoms with Gasteiger partial charge in [-0.2, -0.15) is 0 Å². The van der Waals surface area contributed by atoms with Crippen LogP contribution in [0.4, 0.5) is 5.69 Å². The summed E-state index contributed by atoms with van der Waals surface area (Å²) in [5.41, 5.74) is 1.29. The Morgan fingerprint density at radius 2 is 2.16 bits per heavy atom. The summed E-state index contributed by atoms with van der Waals surface area (Å²) in [7, 11) is 1.46. The van der Waals surface area contributed by atoms with Gasteiger partial charge in [-0.3, -0.25) is 19.9 Å². The number of rotatable bonds is 5. The summed E-state index contributed by atoms with van der Waals surface area (Å²) in [6.07, 6.45) is 0.195. The zero-order valence-electron chi connectivity index (χ0n) is 10.3. The topological polar surface area (TPSA) is 82.3 Å². The average molecular weight is 260 g/mol. The minimum absolute atomic E-state index is 0.0255. The number of ether oxygens (including phenoxy) is 1. The van der Waals surface area contributed by atoms with Gasteiger partial charge in [0.2, 0.25) is 0 Å². The summed E-state index contributed by atoms with van der Waals surface area (Å²) in [6.45, 7) is 0.0555. The van der Waals surface area contributed by atoms with E-state index in [0.29, 0.717) is 16.6 Å². The van der Waals surface area contributed by atoms with Crippen LogP contribution in [0.3, 0.4) is 0 Å². The Hall–Kier alpha value is -2.34. The van der Waals surface area contributed by atoms with Crippen LogP contribution in [0.15, 0.2) is 30.3 Å². The summed E-state index contributed by atoms with van der Waals surface area (Å²) >= 11 is 0. The number of fused-ring (bicyclic) bond motifs is 1. The van der Waals surface area contributed by atoms with Crippen LogP contribution < -0.4 is 0 Å². The van der Waals surface area contributed by atoms with Gasteiger partial charge in [0.05, 0.1) is 16.9 Å². The molecule has 98 valence electrons. The van der Waals surface area contributed by atoms with Gasteiger partial charge in [0.15, 0.2) is 5.78 Å². The van der Waals surface area contributed by atoms with Crippen LogP contribution >= 0.6 is 0 Å². The first-order valence-electron chi connectivity index (χ1n) is 5.65. The number of methoxy groups -OCH3 is 1. The number of Topliss-reactive ketones (excluding diaryl/α,β-unsaturated/α-hetero) is 1. The highest BCUT2D eigenvalue weighted by atomic mass is 16.6. The number of pyridine rings is 1. The van der Waals surface area contributed by atoms with Crippen molar-refractivity contribution in [2.45, 2.75) is 6.42 Å². The van der Waals surface area contributed by atoms with Gasteiger partial charge in [-0.25, -0.2) is 0 Å². The third-order valence-electron chi connectivity index (χ3n) is 2.62. The van der Waals surface area contributed by atoms with Gasteiger partial charge >= 0.3 is 0 Å². The van der Waals surface area contributed by atoms with Crippen molar-refractivity contribution < 1.29 is 14.5 Å². The maximum absolute atomic E-state index is 11.4. The summed E-state index contributed by atoms with van der Waals surface area (Å²) < 4.78 is 4.75. The van der Waals surface area contributed by atoms with Gasteiger partial charge in [0.25, 0.3) is 5.69 Å². The number of nitro benzene ring substituents is 1. The Kier molecular flexibility index (Phi) is 3.82. The fourth-order valence-electron chi connectivity index (χ4n) is 1.78. The van der Waals surface area contributed by atoms with E-state index < -0.39 is 4.92 Å². The van der Waals surface area contributed by atoms with Gasteiger partial charge in [-0.1, -0.05) is 6.07 Å². The first kappa shape index (κ1) is 13.1. The number of aromatic nitrogens is 1. The van der Waals surface area contributed by atoms with E-state index in [1.807, 2.05) is 0 Å². The van der Waals surface area contributed by atoms with Crippen molar-refractivity contribution in [2.75, 3.05) is 13.7 Å². The fraction of sp³-hybridized carbons (Fsp3) is 0.231. The molecule has 0 aliphatic rings. The van der Waals surface area contributed by atoms with Crippen molar-refractivity contribution in [1.29, 1.82) is 0 Å². The lowest BCUT2D eigenvalue weighted by Gasteiger charge is -2.02. The molecule has 19 heavy (non-hydrogen) atoms. The Morgan fingerprint density at radius 1 is 1.37 bits per heavy atom. The zero-order valence-corrected chi connectivity index (χ0v) is 10.3. The zero-order chi connectivity index (χ0) is 13.8. The molecule has 0 radical (unpaired) electrons. The maximum atomic E-state index is 11.4.